The van der Waals surface area contributed by atoms with Crippen LogP contribution in [0.1, 0.15) is 22.6 Å². The molecule has 148 valence electrons. The number of nitrogens with zero attached hydrogens (tertiary/aromatic N) is 3. The SMILES string of the molecule is COc1ccc(-c2cn3cccc(C)c3n2)cc1NC(=O)Cc1c(C)noc1C. The zero-order valence-electron chi connectivity index (χ0n) is 16.8. The van der Waals surface area contributed by atoms with Crippen LogP contribution in [0.25, 0.3) is 16.9 Å². The molecule has 1 N–H and O–H groups in total. The predicted octanol–water partition coefficient (Wildman–Crippen LogP) is 4.10. The van der Waals surface area contributed by atoms with Gasteiger partial charge in [0.2, 0.25) is 5.91 Å². The Hall–Kier alpha value is -3.61. The number of anilines is 1. The number of pyridine rings is 1. The lowest BCUT2D eigenvalue weighted by Gasteiger charge is -2.11. The Morgan fingerprint density at radius 1 is 1.24 bits per heavy atom. The van der Waals surface area contributed by atoms with Gasteiger partial charge in [-0.2, -0.15) is 0 Å². The van der Waals surface area contributed by atoms with E-state index in [9.17, 15) is 4.79 Å². The Balaban J connectivity index is 1.64. The number of fused-ring (bicyclic) bond motifs is 1. The monoisotopic (exact) mass is 390 g/mol. The molecule has 0 saturated heterocycles. The second kappa shape index (κ2) is 7.43. The van der Waals surface area contributed by atoms with Crippen molar-refractivity contribution in [1.82, 2.24) is 14.5 Å². The zero-order chi connectivity index (χ0) is 20.5. The second-order valence-electron chi connectivity index (χ2n) is 6.99. The first-order chi connectivity index (χ1) is 14.0. The summed E-state index contributed by atoms with van der Waals surface area (Å²) in [7, 11) is 1.58. The second-order valence-corrected chi connectivity index (χ2v) is 6.99. The summed E-state index contributed by atoms with van der Waals surface area (Å²) < 4.78 is 12.6. The molecular formula is C22H22N4O3. The number of benzene rings is 1. The lowest BCUT2D eigenvalue weighted by Crippen LogP contribution is -2.15. The highest BCUT2D eigenvalue weighted by atomic mass is 16.5. The molecule has 0 atom stereocenters. The van der Waals surface area contributed by atoms with Crippen molar-refractivity contribution in [3.63, 3.8) is 0 Å². The van der Waals surface area contributed by atoms with E-state index in [4.69, 9.17) is 14.2 Å². The van der Waals surface area contributed by atoms with E-state index in [1.54, 1.807) is 14.0 Å². The smallest absolute Gasteiger partial charge is 0.229 e. The van der Waals surface area contributed by atoms with Crippen molar-refractivity contribution in [2.45, 2.75) is 27.2 Å². The predicted molar refractivity (Wildman–Crippen MR) is 110 cm³/mol. The maximum Gasteiger partial charge on any atom is 0.229 e. The van der Waals surface area contributed by atoms with E-state index in [0.29, 0.717) is 17.2 Å². The number of carbonyl (C=O) groups is 1. The van der Waals surface area contributed by atoms with Crippen molar-refractivity contribution < 1.29 is 14.1 Å². The fourth-order valence-electron chi connectivity index (χ4n) is 3.37. The molecular weight excluding hydrogens is 368 g/mol. The molecule has 7 heteroatoms. The topological polar surface area (TPSA) is 81.7 Å². The molecule has 1 amide bonds. The van der Waals surface area contributed by atoms with Crippen LogP contribution in [-0.4, -0.2) is 27.6 Å². The average molecular weight is 390 g/mol. The van der Waals surface area contributed by atoms with Crippen molar-refractivity contribution in [1.29, 1.82) is 0 Å². The Morgan fingerprint density at radius 3 is 2.76 bits per heavy atom. The third kappa shape index (κ3) is 3.59. The van der Waals surface area contributed by atoms with Gasteiger partial charge in [-0.05, 0) is 50.6 Å². The van der Waals surface area contributed by atoms with Gasteiger partial charge < -0.3 is 19.0 Å². The summed E-state index contributed by atoms with van der Waals surface area (Å²) in [6.45, 7) is 5.65. The molecule has 0 fully saturated rings. The number of hydrogen-bond acceptors (Lipinski definition) is 5. The van der Waals surface area contributed by atoms with Gasteiger partial charge in [-0.15, -0.1) is 0 Å². The molecule has 7 nitrogen and oxygen atoms in total. The molecule has 0 spiro atoms. The molecule has 3 heterocycles. The molecule has 3 aromatic heterocycles. The number of rotatable bonds is 5. The van der Waals surface area contributed by atoms with E-state index in [1.165, 1.54) is 0 Å². The number of amides is 1. The third-order valence-corrected chi connectivity index (χ3v) is 4.97. The van der Waals surface area contributed by atoms with Crippen LogP contribution in [0.4, 0.5) is 5.69 Å². The van der Waals surface area contributed by atoms with Gasteiger partial charge in [0, 0.05) is 23.5 Å². The van der Waals surface area contributed by atoms with Gasteiger partial charge in [-0.25, -0.2) is 4.98 Å². The van der Waals surface area contributed by atoms with Gasteiger partial charge >= 0.3 is 0 Å². The lowest BCUT2D eigenvalue weighted by molar-refractivity contribution is -0.115. The van der Waals surface area contributed by atoms with E-state index in [0.717, 1.165) is 33.7 Å². The van der Waals surface area contributed by atoms with E-state index in [2.05, 4.69) is 10.5 Å². The summed E-state index contributed by atoms with van der Waals surface area (Å²) in [6, 6.07) is 9.65. The minimum absolute atomic E-state index is 0.166. The van der Waals surface area contributed by atoms with Crippen LogP contribution in [0.5, 0.6) is 5.75 Å². The minimum atomic E-state index is -0.166. The highest BCUT2D eigenvalue weighted by Gasteiger charge is 2.16. The summed E-state index contributed by atoms with van der Waals surface area (Å²) in [5.74, 6) is 1.07. The van der Waals surface area contributed by atoms with Crippen LogP contribution in [0.2, 0.25) is 0 Å². The summed E-state index contributed by atoms with van der Waals surface area (Å²) in [4.78, 5) is 17.4. The van der Waals surface area contributed by atoms with Gasteiger partial charge in [0.05, 0.1) is 30.6 Å². The molecule has 0 aliphatic carbocycles. The summed E-state index contributed by atoms with van der Waals surface area (Å²) in [5, 5.41) is 6.84. The largest absolute Gasteiger partial charge is 0.495 e. The number of carbonyl (C=O) groups excluding carboxylic acids is 1. The maximum atomic E-state index is 12.6. The van der Waals surface area contributed by atoms with Crippen molar-refractivity contribution in [2.75, 3.05) is 12.4 Å². The Labute approximate surface area is 168 Å². The number of imidazole rings is 1. The quantitative estimate of drug-likeness (QED) is 0.555. The number of aryl methyl sites for hydroxylation is 3. The molecule has 29 heavy (non-hydrogen) atoms. The molecule has 0 bridgehead atoms. The molecule has 4 rings (SSSR count). The first-order valence-corrected chi connectivity index (χ1v) is 9.30. The van der Waals surface area contributed by atoms with Crippen LogP contribution in [-0.2, 0) is 11.2 Å². The Bertz CT molecular complexity index is 1190. The van der Waals surface area contributed by atoms with Crippen LogP contribution in [0, 0.1) is 20.8 Å². The maximum absolute atomic E-state index is 12.6. The van der Waals surface area contributed by atoms with Crippen molar-refractivity contribution in [3.05, 3.63) is 65.3 Å². The highest BCUT2D eigenvalue weighted by molar-refractivity contribution is 5.94. The molecule has 0 radical (unpaired) electrons. The first-order valence-electron chi connectivity index (χ1n) is 9.30. The van der Waals surface area contributed by atoms with Crippen molar-refractivity contribution >= 4 is 17.2 Å². The zero-order valence-corrected chi connectivity index (χ0v) is 16.8. The van der Waals surface area contributed by atoms with Gasteiger partial charge in [0.25, 0.3) is 0 Å². The summed E-state index contributed by atoms with van der Waals surface area (Å²) in [6.07, 6.45) is 4.12. The number of nitrogens with one attached hydrogen (secondary N) is 1. The third-order valence-electron chi connectivity index (χ3n) is 4.97. The van der Waals surface area contributed by atoms with Gasteiger partial charge in [-0.3, -0.25) is 4.79 Å². The van der Waals surface area contributed by atoms with Gasteiger partial charge in [-0.1, -0.05) is 11.2 Å². The number of aromatic nitrogens is 3. The van der Waals surface area contributed by atoms with Crippen LogP contribution in [0.15, 0.2) is 47.2 Å². The normalized spacial score (nSPS) is 11.0. The van der Waals surface area contributed by atoms with Crippen LogP contribution in [0.3, 0.4) is 0 Å². The van der Waals surface area contributed by atoms with Gasteiger partial charge in [0.1, 0.15) is 17.2 Å². The number of methoxy groups -OCH3 is 1. The van der Waals surface area contributed by atoms with E-state index in [1.807, 2.05) is 61.0 Å². The van der Waals surface area contributed by atoms with Crippen molar-refractivity contribution in [3.8, 4) is 17.0 Å². The Morgan fingerprint density at radius 2 is 2.07 bits per heavy atom. The Kier molecular flexibility index (Phi) is 4.80. The molecule has 0 saturated carbocycles. The fourth-order valence-corrected chi connectivity index (χ4v) is 3.37. The molecule has 1 aromatic carbocycles. The van der Waals surface area contributed by atoms with E-state index >= 15 is 0 Å². The average Bonchev–Trinajstić information content (AvgIpc) is 3.28. The first kappa shape index (κ1) is 18.7. The van der Waals surface area contributed by atoms with E-state index < -0.39 is 0 Å². The fraction of sp³-hybridized carbons (Fsp3) is 0.227. The van der Waals surface area contributed by atoms with Gasteiger partial charge in [0.15, 0.2) is 0 Å². The summed E-state index contributed by atoms with van der Waals surface area (Å²) in [5.41, 5.74) is 5.83. The number of ether oxygens (including phenoxy) is 1. The standard InChI is InChI=1S/C22H22N4O3/c1-13-6-5-9-26-12-19(24-22(13)26)16-7-8-20(28-4)18(10-16)23-21(27)11-17-14(2)25-29-15(17)3/h5-10,12H,11H2,1-4H3,(H,23,27). The van der Waals surface area contributed by atoms with Crippen LogP contribution >= 0.6 is 0 Å². The minimum Gasteiger partial charge on any atom is -0.495 e. The number of hydrogen-bond donors (Lipinski definition) is 1. The van der Waals surface area contributed by atoms with Crippen molar-refractivity contribution in [2.24, 2.45) is 0 Å². The summed E-state index contributed by atoms with van der Waals surface area (Å²) >= 11 is 0. The van der Waals surface area contributed by atoms with E-state index in [-0.39, 0.29) is 12.3 Å². The molecule has 0 aliphatic rings. The molecule has 4 aromatic rings. The molecule has 0 unspecified atom stereocenters. The highest BCUT2D eigenvalue weighted by Crippen LogP contribution is 2.31. The van der Waals surface area contributed by atoms with Crippen LogP contribution < -0.4 is 10.1 Å². The lowest BCUT2D eigenvalue weighted by atomic mass is 10.1. The molecule has 0 aliphatic heterocycles.